The second-order valence-electron chi connectivity index (χ2n) is 9.87. The predicted octanol–water partition coefficient (Wildman–Crippen LogP) is 4.44. The van der Waals surface area contributed by atoms with Gasteiger partial charge < -0.3 is 24.3 Å². The molecule has 29 heavy (non-hydrogen) atoms. The lowest BCUT2D eigenvalue weighted by atomic mass is 9.97. The normalized spacial score (nSPS) is 15.1. The first-order valence-electron chi connectivity index (χ1n) is 10.8. The van der Waals surface area contributed by atoms with Crippen LogP contribution in [0.25, 0.3) is 0 Å². The molecule has 0 aliphatic heterocycles. The molecule has 0 radical (unpaired) electrons. The van der Waals surface area contributed by atoms with E-state index in [4.69, 9.17) is 14.2 Å². The number of carbonyl (C=O) groups excluding carboxylic acids is 2. The van der Waals surface area contributed by atoms with E-state index in [1.807, 2.05) is 34.6 Å². The van der Waals surface area contributed by atoms with Gasteiger partial charge in [-0.05, 0) is 80.6 Å². The summed E-state index contributed by atoms with van der Waals surface area (Å²) in [6.07, 6.45) is 5.45. The van der Waals surface area contributed by atoms with Crippen molar-refractivity contribution in [3.05, 3.63) is 0 Å². The van der Waals surface area contributed by atoms with Gasteiger partial charge in [-0.2, -0.15) is 0 Å². The summed E-state index contributed by atoms with van der Waals surface area (Å²) in [5.41, 5.74) is -1.85. The Morgan fingerprint density at radius 3 is 2.03 bits per heavy atom. The molecule has 0 aliphatic rings. The fourth-order valence-electron chi connectivity index (χ4n) is 2.80. The van der Waals surface area contributed by atoms with Gasteiger partial charge in [0.1, 0.15) is 11.9 Å². The molecule has 172 valence electrons. The van der Waals surface area contributed by atoms with Crippen LogP contribution in [0.3, 0.4) is 0 Å². The molecule has 0 saturated carbocycles. The zero-order valence-electron chi connectivity index (χ0n) is 20.3. The van der Waals surface area contributed by atoms with Crippen LogP contribution in [0.2, 0.25) is 0 Å². The van der Waals surface area contributed by atoms with E-state index in [1.165, 1.54) is 0 Å². The highest BCUT2D eigenvalue weighted by atomic mass is 16.5. The minimum Gasteiger partial charge on any atom is -0.378 e. The molecule has 1 amide bonds. The molecule has 1 N–H and O–H groups in total. The lowest BCUT2D eigenvalue weighted by molar-refractivity contribution is -0.147. The average molecular weight is 416 g/mol. The van der Waals surface area contributed by atoms with Gasteiger partial charge in [-0.3, -0.25) is 4.79 Å². The van der Waals surface area contributed by atoms with Crippen molar-refractivity contribution in [1.82, 2.24) is 5.32 Å². The predicted molar refractivity (Wildman–Crippen MR) is 117 cm³/mol. The largest absolute Gasteiger partial charge is 0.378 e. The maximum atomic E-state index is 12.8. The van der Waals surface area contributed by atoms with Crippen molar-refractivity contribution in [1.29, 1.82) is 0 Å². The van der Waals surface area contributed by atoms with E-state index in [1.54, 1.807) is 21.0 Å². The minimum absolute atomic E-state index is 0.136. The van der Waals surface area contributed by atoms with Crippen LogP contribution >= 0.6 is 0 Å². The Morgan fingerprint density at radius 1 is 0.931 bits per heavy atom. The summed E-state index contributed by atoms with van der Waals surface area (Å²) in [6, 6.07) is 0. The van der Waals surface area contributed by atoms with E-state index in [2.05, 4.69) is 12.2 Å². The molecule has 0 fully saturated rings. The molecule has 1 unspecified atom stereocenters. The zero-order chi connectivity index (χ0) is 22.8. The number of rotatable bonds is 16. The molecule has 0 spiro atoms. The fraction of sp³-hybridized carbons (Fsp3) is 0.913. The summed E-state index contributed by atoms with van der Waals surface area (Å²) in [5, 5.41) is 3.09. The summed E-state index contributed by atoms with van der Waals surface area (Å²) >= 11 is 0. The molecule has 0 rings (SSSR count). The Morgan fingerprint density at radius 2 is 1.52 bits per heavy atom. The van der Waals surface area contributed by atoms with Gasteiger partial charge in [0, 0.05) is 25.7 Å². The number of aldehydes is 1. The summed E-state index contributed by atoms with van der Waals surface area (Å²) < 4.78 is 17.4. The second kappa shape index (κ2) is 12.0. The van der Waals surface area contributed by atoms with Gasteiger partial charge in [0.25, 0.3) is 5.91 Å². The van der Waals surface area contributed by atoms with Gasteiger partial charge in [-0.1, -0.05) is 6.92 Å². The first kappa shape index (κ1) is 28.0. The molecule has 0 aromatic carbocycles. The molecule has 1 atom stereocenters. The van der Waals surface area contributed by atoms with E-state index >= 15 is 0 Å². The molecular formula is C23H45NO5. The van der Waals surface area contributed by atoms with E-state index in [0.717, 1.165) is 32.0 Å². The number of carbonyl (C=O) groups is 2. The van der Waals surface area contributed by atoms with Crippen LogP contribution in [-0.2, 0) is 23.8 Å². The second-order valence-corrected chi connectivity index (χ2v) is 9.87. The van der Waals surface area contributed by atoms with Crippen LogP contribution < -0.4 is 5.32 Å². The van der Waals surface area contributed by atoms with E-state index in [0.29, 0.717) is 26.1 Å². The van der Waals surface area contributed by atoms with E-state index in [-0.39, 0.29) is 17.1 Å². The van der Waals surface area contributed by atoms with Crippen LogP contribution in [0.1, 0.15) is 93.9 Å². The number of nitrogens with one attached hydrogen (secondary N) is 1. The molecular weight excluding hydrogens is 370 g/mol. The van der Waals surface area contributed by atoms with Crippen molar-refractivity contribution in [3.8, 4) is 0 Å². The quantitative estimate of drug-likeness (QED) is 0.298. The smallest absolute Gasteiger partial charge is 0.252 e. The highest BCUT2D eigenvalue weighted by Gasteiger charge is 2.34. The van der Waals surface area contributed by atoms with Gasteiger partial charge in [0.05, 0.1) is 17.8 Å². The third-order valence-corrected chi connectivity index (χ3v) is 5.65. The number of ether oxygens (including phenoxy) is 3. The Labute approximate surface area is 178 Å². The van der Waals surface area contributed by atoms with Gasteiger partial charge in [-0.25, -0.2) is 0 Å². The van der Waals surface area contributed by atoms with Crippen molar-refractivity contribution >= 4 is 12.2 Å². The zero-order valence-corrected chi connectivity index (χ0v) is 20.3. The van der Waals surface area contributed by atoms with Crippen LogP contribution in [0.5, 0.6) is 0 Å². The summed E-state index contributed by atoms with van der Waals surface area (Å²) in [6.45, 7) is 16.7. The maximum absolute atomic E-state index is 12.8. The first-order chi connectivity index (χ1) is 13.2. The first-order valence-corrected chi connectivity index (χ1v) is 10.8. The van der Waals surface area contributed by atoms with Crippen molar-refractivity contribution in [2.75, 3.05) is 20.3 Å². The number of hydrogen-bond donors (Lipinski definition) is 1. The molecule has 0 saturated heterocycles. The Kier molecular flexibility index (Phi) is 11.6. The highest BCUT2D eigenvalue weighted by Crippen LogP contribution is 2.22. The van der Waals surface area contributed by atoms with E-state index < -0.39 is 11.1 Å². The van der Waals surface area contributed by atoms with Gasteiger partial charge in [0.15, 0.2) is 0 Å². The SMILES string of the molecule is CCC(C)(CCOC(C)(C)C(=O)NC(C)(C)CCOC(C)(C)CCCC=O)OC. The minimum atomic E-state index is -0.922. The van der Waals surface area contributed by atoms with Crippen LogP contribution in [-0.4, -0.2) is 54.9 Å². The van der Waals surface area contributed by atoms with Crippen molar-refractivity contribution in [2.24, 2.45) is 0 Å². The molecule has 0 aliphatic carbocycles. The molecule has 6 heteroatoms. The Hall–Kier alpha value is -0.980. The van der Waals surface area contributed by atoms with Crippen LogP contribution in [0.15, 0.2) is 0 Å². The average Bonchev–Trinajstić information content (AvgIpc) is 2.60. The highest BCUT2D eigenvalue weighted by molar-refractivity contribution is 5.84. The van der Waals surface area contributed by atoms with Gasteiger partial charge in [-0.15, -0.1) is 0 Å². The van der Waals surface area contributed by atoms with Crippen LogP contribution in [0.4, 0.5) is 0 Å². The number of unbranched alkanes of at least 4 members (excludes halogenated alkanes) is 1. The summed E-state index contributed by atoms with van der Waals surface area (Å²) in [4.78, 5) is 23.2. The van der Waals surface area contributed by atoms with Crippen molar-refractivity contribution in [3.63, 3.8) is 0 Å². The molecule has 0 aromatic rings. The molecule has 0 heterocycles. The Bertz CT molecular complexity index is 495. The molecule has 6 nitrogen and oxygen atoms in total. The molecule has 0 bridgehead atoms. The number of hydrogen-bond acceptors (Lipinski definition) is 5. The van der Waals surface area contributed by atoms with Crippen molar-refractivity contribution < 1.29 is 23.8 Å². The topological polar surface area (TPSA) is 73.9 Å². The monoisotopic (exact) mass is 415 g/mol. The third-order valence-electron chi connectivity index (χ3n) is 5.65. The lowest BCUT2D eigenvalue weighted by Gasteiger charge is -2.34. The van der Waals surface area contributed by atoms with Gasteiger partial charge in [0.2, 0.25) is 0 Å². The Balaban J connectivity index is 4.50. The fourth-order valence-corrected chi connectivity index (χ4v) is 2.80. The molecule has 0 aromatic heterocycles. The third kappa shape index (κ3) is 11.7. The van der Waals surface area contributed by atoms with E-state index in [9.17, 15) is 9.59 Å². The van der Waals surface area contributed by atoms with Crippen LogP contribution in [0, 0.1) is 0 Å². The van der Waals surface area contributed by atoms with Gasteiger partial charge >= 0.3 is 0 Å². The lowest BCUT2D eigenvalue weighted by Crippen LogP contribution is -2.53. The standard InChI is InChI=1S/C23H45NO5/c1-10-23(8,27-9)15-18-29-22(6,7)19(26)24-20(2,3)14-17-28-21(4,5)13-11-12-16-25/h16H,10-15,17-18H2,1-9H3,(H,24,26). The maximum Gasteiger partial charge on any atom is 0.252 e. The van der Waals surface area contributed by atoms with Crippen molar-refractivity contribution in [2.45, 2.75) is 116 Å². The summed E-state index contributed by atoms with van der Waals surface area (Å²) in [5.74, 6) is -0.136. The number of methoxy groups -OCH3 is 1. The summed E-state index contributed by atoms with van der Waals surface area (Å²) in [7, 11) is 1.70. The number of amides is 1.